The number of ether oxygens (including phenoxy) is 1. The SMILES string of the molecule is COC(=O)N(CCCN)c1ccccc1. The predicted octanol–water partition coefficient (Wildman–Crippen LogP) is 1.61. The van der Waals surface area contributed by atoms with Crippen LogP contribution in [0.1, 0.15) is 6.42 Å². The molecular weight excluding hydrogens is 192 g/mol. The van der Waals surface area contributed by atoms with Gasteiger partial charge in [-0.25, -0.2) is 4.79 Å². The molecule has 82 valence electrons. The molecular formula is C11H16N2O2. The van der Waals surface area contributed by atoms with Crippen molar-refractivity contribution >= 4 is 11.8 Å². The minimum absolute atomic E-state index is 0.352. The van der Waals surface area contributed by atoms with E-state index in [1.807, 2.05) is 30.3 Å². The first kappa shape index (κ1) is 11.5. The smallest absolute Gasteiger partial charge is 0.413 e. The average molecular weight is 208 g/mol. The molecule has 0 spiro atoms. The van der Waals surface area contributed by atoms with Crippen LogP contribution < -0.4 is 10.6 Å². The number of benzene rings is 1. The van der Waals surface area contributed by atoms with Gasteiger partial charge in [0.2, 0.25) is 0 Å². The van der Waals surface area contributed by atoms with Crippen molar-refractivity contribution in [3.8, 4) is 0 Å². The lowest BCUT2D eigenvalue weighted by atomic mass is 10.3. The van der Waals surface area contributed by atoms with E-state index in [-0.39, 0.29) is 6.09 Å². The molecule has 0 saturated carbocycles. The highest BCUT2D eigenvalue weighted by molar-refractivity contribution is 5.87. The normalized spacial score (nSPS) is 9.73. The van der Waals surface area contributed by atoms with Crippen LogP contribution in [0, 0.1) is 0 Å². The quantitative estimate of drug-likeness (QED) is 0.817. The van der Waals surface area contributed by atoms with E-state index in [2.05, 4.69) is 0 Å². The van der Waals surface area contributed by atoms with Crippen molar-refractivity contribution < 1.29 is 9.53 Å². The highest BCUT2D eigenvalue weighted by Gasteiger charge is 2.14. The fourth-order valence-electron chi connectivity index (χ4n) is 1.29. The highest BCUT2D eigenvalue weighted by Crippen LogP contribution is 2.14. The molecule has 2 N–H and O–H groups in total. The maximum Gasteiger partial charge on any atom is 0.413 e. The number of carbonyl (C=O) groups is 1. The second-order valence-corrected chi connectivity index (χ2v) is 3.10. The van der Waals surface area contributed by atoms with E-state index in [1.54, 1.807) is 4.90 Å². The van der Waals surface area contributed by atoms with E-state index in [4.69, 9.17) is 10.5 Å². The van der Waals surface area contributed by atoms with Gasteiger partial charge in [0.1, 0.15) is 0 Å². The Morgan fingerprint density at radius 2 is 2.07 bits per heavy atom. The predicted molar refractivity (Wildman–Crippen MR) is 59.9 cm³/mol. The van der Waals surface area contributed by atoms with Crippen LogP contribution >= 0.6 is 0 Å². The molecule has 0 aliphatic rings. The fourth-order valence-corrected chi connectivity index (χ4v) is 1.29. The van der Waals surface area contributed by atoms with E-state index in [1.165, 1.54) is 7.11 Å². The molecule has 0 radical (unpaired) electrons. The molecule has 0 bridgehead atoms. The Morgan fingerprint density at radius 3 is 2.60 bits per heavy atom. The Kier molecular flexibility index (Phi) is 4.63. The van der Waals surface area contributed by atoms with E-state index < -0.39 is 0 Å². The number of rotatable bonds is 4. The molecule has 1 amide bonds. The number of hydrogen-bond donors (Lipinski definition) is 1. The Bertz CT molecular complexity index is 301. The standard InChI is InChI=1S/C11H16N2O2/c1-15-11(14)13(9-5-8-12)10-6-3-2-4-7-10/h2-4,6-7H,5,8-9,12H2,1H3. The second-order valence-electron chi connectivity index (χ2n) is 3.10. The summed E-state index contributed by atoms with van der Waals surface area (Å²) in [4.78, 5) is 13.1. The minimum atomic E-state index is -0.352. The van der Waals surface area contributed by atoms with Crippen molar-refractivity contribution in [1.29, 1.82) is 0 Å². The summed E-state index contributed by atoms with van der Waals surface area (Å²) in [5, 5.41) is 0. The molecule has 1 aromatic carbocycles. The summed E-state index contributed by atoms with van der Waals surface area (Å²) in [6.45, 7) is 1.13. The first-order valence-electron chi connectivity index (χ1n) is 4.90. The summed E-state index contributed by atoms with van der Waals surface area (Å²) in [7, 11) is 1.38. The van der Waals surface area contributed by atoms with Gasteiger partial charge >= 0.3 is 6.09 Å². The van der Waals surface area contributed by atoms with Gasteiger partial charge in [-0.15, -0.1) is 0 Å². The summed E-state index contributed by atoms with van der Waals surface area (Å²) in [6.07, 6.45) is 0.402. The molecule has 0 heterocycles. The third kappa shape index (κ3) is 3.25. The molecule has 1 rings (SSSR count). The molecule has 0 aliphatic heterocycles. The number of anilines is 1. The zero-order chi connectivity index (χ0) is 11.1. The van der Waals surface area contributed by atoms with E-state index in [0.29, 0.717) is 13.1 Å². The number of para-hydroxylation sites is 1. The fraction of sp³-hybridized carbons (Fsp3) is 0.364. The molecule has 4 heteroatoms. The summed E-state index contributed by atoms with van der Waals surface area (Å²) < 4.78 is 4.71. The van der Waals surface area contributed by atoms with Crippen LogP contribution in [-0.2, 0) is 4.74 Å². The van der Waals surface area contributed by atoms with Gasteiger partial charge in [0.05, 0.1) is 7.11 Å². The molecule has 0 atom stereocenters. The third-order valence-electron chi connectivity index (χ3n) is 2.05. The summed E-state index contributed by atoms with van der Waals surface area (Å²) >= 11 is 0. The van der Waals surface area contributed by atoms with E-state index in [0.717, 1.165) is 12.1 Å². The van der Waals surface area contributed by atoms with Gasteiger partial charge < -0.3 is 10.5 Å². The van der Waals surface area contributed by atoms with Crippen LogP contribution in [0.4, 0.5) is 10.5 Å². The number of methoxy groups -OCH3 is 1. The molecule has 0 fully saturated rings. The topological polar surface area (TPSA) is 55.6 Å². The third-order valence-corrected chi connectivity index (χ3v) is 2.05. The zero-order valence-corrected chi connectivity index (χ0v) is 8.85. The van der Waals surface area contributed by atoms with Crippen molar-refractivity contribution in [3.05, 3.63) is 30.3 Å². The lowest BCUT2D eigenvalue weighted by Gasteiger charge is -2.20. The molecule has 4 nitrogen and oxygen atoms in total. The maximum atomic E-state index is 11.5. The van der Waals surface area contributed by atoms with Crippen molar-refractivity contribution in [1.82, 2.24) is 0 Å². The van der Waals surface area contributed by atoms with Gasteiger partial charge in [0.25, 0.3) is 0 Å². The number of nitrogens with two attached hydrogens (primary N) is 1. The lowest BCUT2D eigenvalue weighted by molar-refractivity contribution is 0.178. The Labute approximate surface area is 89.6 Å². The van der Waals surface area contributed by atoms with E-state index in [9.17, 15) is 4.79 Å². The molecule has 0 saturated heterocycles. The summed E-state index contributed by atoms with van der Waals surface area (Å²) in [5.74, 6) is 0. The van der Waals surface area contributed by atoms with Crippen molar-refractivity contribution in [2.24, 2.45) is 5.73 Å². The summed E-state index contributed by atoms with van der Waals surface area (Å²) in [5.41, 5.74) is 6.25. The molecule has 0 aliphatic carbocycles. The maximum absolute atomic E-state index is 11.5. The Morgan fingerprint density at radius 1 is 1.40 bits per heavy atom. The van der Waals surface area contributed by atoms with Crippen LogP contribution in [0.3, 0.4) is 0 Å². The van der Waals surface area contributed by atoms with Gasteiger partial charge in [0.15, 0.2) is 0 Å². The average Bonchev–Trinajstić information content (AvgIpc) is 2.30. The lowest BCUT2D eigenvalue weighted by Crippen LogP contribution is -2.32. The largest absolute Gasteiger partial charge is 0.452 e. The Balaban J connectivity index is 2.76. The van der Waals surface area contributed by atoms with Crippen LogP contribution in [0.5, 0.6) is 0 Å². The van der Waals surface area contributed by atoms with Crippen molar-refractivity contribution in [2.45, 2.75) is 6.42 Å². The second kappa shape index (κ2) is 6.03. The van der Waals surface area contributed by atoms with Gasteiger partial charge in [0, 0.05) is 12.2 Å². The van der Waals surface area contributed by atoms with Gasteiger partial charge in [-0.2, -0.15) is 0 Å². The molecule has 0 unspecified atom stereocenters. The van der Waals surface area contributed by atoms with E-state index >= 15 is 0 Å². The Hall–Kier alpha value is -1.55. The first-order chi connectivity index (χ1) is 7.29. The molecule has 15 heavy (non-hydrogen) atoms. The van der Waals surface area contributed by atoms with Gasteiger partial charge in [-0.3, -0.25) is 4.90 Å². The first-order valence-corrected chi connectivity index (χ1v) is 4.90. The van der Waals surface area contributed by atoms with Crippen LogP contribution in [0.2, 0.25) is 0 Å². The highest BCUT2D eigenvalue weighted by atomic mass is 16.5. The zero-order valence-electron chi connectivity index (χ0n) is 8.85. The minimum Gasteiger partial charge on any atom is -0.452 e. The monoisotopic (exact) mass is 208 g/mol. The van der Waals surface area contributed by atoms with Crippen LogP contribution in [0.25, 0.3) is 0 Å². The molecule has 1 aromatic rings. The number of hydrogen-bond acceptors (Lipinski definition) is 3. The summed E-state index contributed by atoms with van der Waals surface area (Å²) in [6, 6.07) is 9.41. The van der Waals surface area contributed by atoms with Crippen LogP contribution in [-0.4, -0.2) is 26.3 Å². The van der Waals surface area contributed by atoms with Gasteiger partial charge in [-0.05, 0) is 25.1 Å². The van der Waals surface area contributed by atoms with Crippen LogP contribution in [0.15, 0.2) is 30.3 Å². The van der Waals surface area contributed by atoms with Crippen molar-refractivity contribution in [2.75, 3.05) is 25.1 Å². The van der Waals surface area contributed by atoms with Crippen molar-refractivity contribution in [3.63, 3.8) is 0 Å². The van der Waals surface area contributed by atoms with Gasteiger partial charge in [-0.1, -0.05) is 18.2 Å². The number of amides is 1. The number of nitrogens with zero attached hydrogens (tertiary/aromatic N) is 1. The number of carbonyl (C=O) groups excluding carboxylic acids is 1. The molecule has 0 aromatic heterocycles.